The first-order valence-corrected chi connectivity index (χ1v) is 10.6. The van der Waals surface area contributed by atoms with E-state index in [-0.39, 0.29) is 5.56 Å². The van der Waals surface area contributed by atoms with Gasteiger partial charge in [-0.05, 0) is 44.2 Å². The van der Waals surface area contributed by atoms with E-state index in [1.807, 2.05) is 28.8 Å². The largest absolute Gasteiger partial charge is 0.377 e. The van der Waals surface area contributed by atoms with Crippen LogP contribution in [-0.4, -0.2) is 28.0 Å². The molecule has 0 radical (unpaired) electrons. The fraction of sp³-hybridized carbons (Fsp3) is 0.600. The predicted molar refractivity (Wildman–Crippen MR) is 102 cm³/mol. The van der Waals surface area contributed by atoms with Crippen LogP contribution < -0.4 is 5.56 Å². The van der Waals surface area contributed by atoms with Crippen molar-refractivity contribution in [3.63, 3.8) is 0 Å². The zero-order valence-corrected chi connectivity index (χ0v) is 15.5. The summed E-state index contributed by atoms with van der Waals surface area (Å²) in [6, 6.07) is 8.04. The number of ether oxygens (including phenoxy) is 1. The van der Waals surface area contributed by atoms with Gasteiger partial charge in [0.15, 0.2) is 5.16 Å². The van der Waals surface area contributed by atoms with E-state index in [1.54, 1.807) is 11.8 Å². The molecule has 0 amide bonds. The van der Waals surface area contributed by atoms with Gasteiger partial charge in [0, 0.05) is 18.4 Å². The molecule has 1 aliphatic carbocycles. The molecule has 4 nitrogen and oxygen atoms in total. The third kappa shape index (κ3) is 3.77. The molecule has 0 unspecified atom stereocenters. The lowest BCUT2D eigenvalue weighted by Crippen LogP contribution is -2.29. The highest BCUT2D eigenvalue weighted by molar-refractivity contribution is 7.99. The van der Waals surface area contributed by atoms with E-state index in [0.29, 0.717) is 12.1 Å². The van der Waals surface area contributed by atoms with Crippen molar-refractivity contribution in [3.05, 3.63) is 34.6 Å². The van der Waals surface area contributed by atoms with Gasteiger partial charge in [-0.2, -0.15) is 0 Å². The molecule has 0 bridgehead atoms. The topological polar surface area (TPSA) is 44.1 Å². The Kier molecular flexibility index (Phi) is 5.42. The smallest absolute Gasteiger partial charge is 0.262 e. The number of para-hydroxylation sites is 1. The van der Waals surface area contributed by atoms with E-state index in [0.717, 1.165) is 47.7 Å². The quantitative estimate of drug-likeness (QED) is 0.593. The van der Waals surface area contributed by atoms with Gasteiger partial charge in [0.05, 0.1) is 17.0 Å². The van der Waals surface area contributed by atoms with Crippen LogP contribution in [-0.2, 0) is 4.74 Å². The van der Waals surface area contributed by atoms with Crippen LogP contribution in [0.1, 0.15) is 57.4 Å². The predicted octanol–water partition coefficient (Wildman–Crippen LogP) is 4.56. The van der Waals surface area contributed by atoms with E-state index in [9.17, 15) is 4.79 Å². The average molecular weight is 359 g/mol. The SMILES string of the molecule is O=c1c2ccccc2nc(SC[C@H]2CCCCO2)n1C1CCCCC1. The van der Waals surface area contributed by atoms with Crippen LogP contribution in [0.5, 0.6) is 0 Å². The van der Waals surface area contributed by atoms with Crippen LogP contribution in [0.15, 0.2) is 34.2 Å². The maximum atomic E-state index is 13.2. The van der Waals surface area contributed by atoms with Crippen molar-refractivity contribution in [2.45, 2.75) is 68.7 Å². The Morgan fingerprint density at radius 2 is 1.88 bits per heavy atom. The Morgan fingerprint density at radius 3 is 2.68 bits per heavy atom. The third-order valence-corrected chi connectivity index (χ3v) is 6.47. The minimum atomic E-state index is 0.129. The molecule has 0 spiro atoms. The third-order valence-electron chi connectivity index (χ3n) is 5.39. The van der Waals surface area contributed by atoms with Gasteiger partial charge in [0.25, 0.3) is 5.56 Å². The molecule has 2 aliphatic rings. The van der Waals surface area contributed by atoms with Crippen LogP contribution in [0.25, 0.3) is 10.9 Å². The summed E-state index contributed by atoms with van der Waals surface area (Å²) in [5, 5.41) is 1.62. The number of hydrogen-bond donors (Lipinski definition) is 0. The normalized spacial score (nSPS) is 22.3. The molecule has 0 N–H and O–H groups in total. The van der Waals surface area contributed by atoms with Gasteiger partial charge in [-0.25, -0.2) is 4.98 Å². The van der Waals surface area contributed by atoms with Crippen molar-refractivity contribution in [1.29, 1.82) is 0 Å². The summed E-state index contributed by atoms with van der Waals surface area (Å²) in [5.74, 6) is 0.886. The summed E-state index contributed by atoms with van der Waals surface area (Å²) in [5.41, 5.74) is 0.941. The van der Waals surface area contributed by atoms with Gasteiger partial charge in [-0.15, -0.1) is 0 Å². The van der Waals surface area contributed by atoms with Gasteiger partial charge >= 0.3 is 0 Å². The molecule has 2 aromatic rings. The number of rotatable bonds is 4. The average Bonchev–Trinajstić information content (AvgIpc) is 2.68. The second-order valence-electron chi connectivity index (χ2n) is 7.18. The van der Waals surface area contributed by atoms with E-state index in [2.05, 4.69) is 0 Å². The molecule has 25 heavy (non-hydrogen) atoms. The second-order valence-corrected chi connectivity index (χ2v) is 8.17. The monoisotopic (exact) mass is 358 g/mol. The number of hydrogen-bond acceptors (Lipinski definition) is 4. The molecule has 1 atom stereocenters. The molecular weight excluding hydrogens is 332 g/mol. The first-order chi connectivity index (χ1) is 12.3. The molecular formula is C20H26N2O2S. The summed E-state index contributed by atoms with van der Waals surface area (Å²) in [7, 11) is 0. The van der Waals surface area contributed by atoms with Crippen molar-refractivity contribution in [2.75, 3.05) is 12.4 Å². The maximum absolute atomic E-state index is 13.2. The molecule has 1 aliphatic heterocycles. The highest BCUT2D eigenvalue weighted by Gasteiger charge is 2.23. The molecule has 134 valence electrons. The molecule has 1 saturated carbocycles. The second kappa shape index (κ2) is 7.92. The van der Waals surface area contributed by atoms with E-state index in [1.165, 1.54) is 32.1 Å². The standard InChI is InChI=1S/C20H26N2O2S/c23-19-17-11-4-5-12-18(17)21-20(22(19)15-8-2-1-3-9-15)25-14-16-10-6-7-13-24-16/h4-5,11-12,15-16H,1-3,6-10,13-14H2/t16-/m1/s1. The van der Waals surface area contributed by atoms with Crippen LogP contribution in [0, 0.1) is 0 Å². The molecule has 1 aromatic carbocycles. The van der Waals surface area contributed by atoms with Crippen molar-refractivity contribution in [3.8, 4) is 0 Å². The van der Waals surface area contributed by atoms with Crippen LogP contribution in [0.4, 0.5) is 0 Å². The van der Waals surface area contributed by atoms with Gasteiger partial charge in [-0.3, -0.25) is 9.36 Å². The van der Waals surface area contributed by atoms with Crippen molar-refractivity contribution in [2.24, 2.45) is 0 Å². The molecule has 4 rings (SSSR count). The van der Waals surface area contributed by atoms with E-state index >= 15 is 0 Å². The number of thioether (sulfide) groups is 1. The Hall–Kier alpha value is -1.33. The summed E-state index contributed by atoms with van der Waals surface area (Å²) in [4.78, 5) is 18.0. The highest BCUT2D eigenvalue weighted by atomic mass is 32.2. The minimum Gasteiger partial charge on any atom is -0.377 e. The molecule has 2 fully saturated rings. The van der Waals surface area contributed by atoms with Crippen molar-refractivity contribution < 1.29 is 4.74 Å². The van der Waals surface area contributed by atoms with E-state index in [4.69, 9.17) is 9.72 Å². The van der Waals surface area contributed by atoms with Gasteiger partial charge in [-0.1, -0.05) is 43.2 Å². The van der Waals surface area contributed by atoms with Crippen molar-refractivity contribution >= 4 is 22.7 Å². The minimum absolute atomic E-state index is 0.129. The lowest BCUT2D eigenvalue weighted by Gasteiger charge is -2.27. The number of fused-ring (bicyclic) bond motifs is 1. The Morgan fingerprint density at radius 1 is 1.08 bits per heavy atom. The van der Waals surface area contributed by atoms with Gasteiger partial charge in [0.1, 0.15) is 0 Å². The van der Waals surface area contributed by atoms with Gasteiger partial charge < -0.3 is 4.74 Å². The van der Waals surface area contributed by atoms with Crippen LogP contribution >= 0.6 is 11.8 Å². The molecule has 1 aromatic heterocycles. The first kappa shape index (κ1) is 17.1. The Bertz CT molecular complexity index is 777. The van der Waals surface area contributed by atoms with Crippen molar-refractivity contribution in [1.82, 2.24) is 9.55 Å². The lowest BCUT2D eigenvalue weighted by molar-refractivity contribution is 0.0315. The van der Waals surface area contributed by atoms with E-state index < -0.39 is 0 Å². The summed E-state index contributed by atoms with van der Waals surface area (Å²) >= 11 is 1.70. The zero-order chi connectivity index (χ0) is 17.1. The fourth-order valence-electron chi connectivity index (χ4n) is 3.99. The summed E-state index contributed by atoms with van der Waals surface area (Å²) in [6.07, 6.45) is 9.70. The number of benzene rings is 1. The molecule has 1 saturated heterocycles. The molecule has 5 heteroatoms. The first-order valence-electron chi connectivity index (χ1n) is 9.58. The highest BCUT2D eigenvalue weighted by Crippen LogP contribution is 2.31. The Labute approximate surface area is 153 Å². The number of nitrogens with zero attached hydrogens (tertiary/aromatic N) is 2. The van der Waals surface area contributed by atoms with Gasteiger partial charge in [0.2, 0.25) is 0 Å². The Balaban J connectivity index is 1.68. The lowest BCUT2D eigenvalue weighted by atomic mass is 9.95. The summed E-state index contributed by atoms with van der Waals surface area (Å²) < 4.78 is 7.86. The summed E-state index contributed by atoms with van der Waals surface area (Å²) in [6.45, 7) is 0.867. The molecule has 2 heterocycles. The van der Waals surface area contributed by atoms with Crippen LogP contribution in [0.2, 0.25) is 0 Å². The van der Waals surface area contributed by atoms with Crippen LogP contribution in [0.3, 0.4) is 0 Å². The number of aromatic nitrogens is 2. The zero-order valence-electron chi connectivity index (χ0n) is 14.7. The fourth-order valence-corrected chi connectivity index (χ4v) is 5.13. The maximum Gasteiger partial charge on any atom is 0.262 e.